The number of carbonyl (C=O) groups excluding carboxylic acids is 2. The van der Waals surface area contributed by atoms with Crippen molar-refractivity contribution < 1.29 is 9.59 Å². The van der Waals surface area contributed by atoms with Crippen LogP contribution < -0.4 is 4.90 Å². The van der Waals surface area contributed by atoms with Crippen LogP contribution >= 0.6 is 0 Å². The van der Waals surface area contributed by atoms with Crippen LogP contribution in [0, 0.1) is 39.5 Å². The van der Waals surface area contributed by atoms with E-state index in [1.807, 2.05) is 74.7 Å². The Hall–Kier alpha value is -4.31. The normalized spacial score (nSPS) is 24.7. The lowest BCUT2D eigenvalue weighted by Gasteiger charge is -2.52. The third-order valence-electron chi connectivity index (χ3n) is 9.26. The molecule has 0 aromatic heterocycles. The highest BCUT2D eigenvalue weighted by atomic mass is 16.2. The van der Waals surface area contributed by atoms with Crippen LogP contribution in [0.25, 0.3) is 0 Å². The van der Waals surface area contributed by atoms with Crippen molar-refractivity contribution in [1.82, 2.24) is 0 Å². The molecule has 4 nitrogen and oxygen atoms in total. The number of imide groups is 1. The number of benzene rings is 4. The predicted octanol–water partition coefficient (Wildman–Crippen LogP) is 6.87. The summed E-state index contributed by atoms with van der Waals surface area (Å²) in [7, 11) is 0. The van der Waals surface area contributed by atoms with Gasteiger partial charge in [0.1, 0.15) is 0 Å². The highest BCUT2D eigenvalue weighted by Gasteiger charge is 2.68. The predicted molar refractivity (Wildman–Crippen MR) is 155 cm³/mol. The summed E-state index contributed by atoms with van der Waals surface area (Å²) in [4.78, 5) is 35.5. The zero-order valence-electron chi connectivity index (χ0n) is 22.6. The maximum absolute atomic E-state index is 14.6. The first-order valence-electron chi connectivity index (χ1n) is 13.6. The van der Waals surface area contributed by atoms with E-state index in [4.69, 9.17) is 4.99 Å². The van der Waals surface area contributed by atoms with Gasteiger partial charge < -0.3 is 0 Å². The first-order valence-corrected chi connectivity index (χ1v) is 13.6. The third-order valence-corrected chi connectivity index (χ3v) is 9.26. The van der Waals surface area contributed by atoms with Crippen LogP contribution in [-0.2, 0) is 15.0 Å². The van der Waals surface area contributed by atoms with Crippen molar-refractivity contribution in [1.29, 1.82) is 0 Å². The van der Waals surface area contributed by atoms with Gasteiger partial charge in [-0.05, 0) is 78.8 Å². The fourth-order valence-electron chi connectivity index (χ4n) is 7.39. The Morgan fingerprint density at radius 1 is 0.744 bits per heavy atom. The van der Waals surface area contributed by atoms with Crippen molar-refractivity contribution >= 4 is 29.4 Å². The van der Waals surface area contributed by atoms with Crippen LogP contribution in [0.3, 0.4) is 0 Å². The Morgan fingerprint density at radius 3 is 2.08 bits per heavy atom. The molecule has 1 heterocycles. The molecule has 0 saturated carbocycles. The second kappa shape index (κ2) is 8.34. The molecule has 4 heteroatoms. The molecule has 1 saturated heterocycles. The number of aryl methyl sites for hydroxylation is 3. The van der Waals surface area contributed by atoms with Gasteiger partial charge in [-0.2, -0.15) is 0 Å². The Balaban J connectivity index is 1.51. The summed E-state index contributed by atoms with van der Waals surface area (Å²) in [6, 6.07) is 28.7. The van der Waals surface area contributed by atoms with E-state index in [9.17, 15) is 9.59 Å². The second-order valence-electron chi connectivity index (χ2n) is 11.3. The van der Waals surface area contributed by atoms with Gasteiger partial charge in [0.15, 0.2) is 0 Å². The Bertz CT molecular complexity index is 1690. The summed E-state index contributed by atoms with van der Waals surface area (Å²) in [6.45, 7) is 8.16. The summed E-state index contributed by atoms with van der Waals surface area (Å²) in [5, 5.41) is 0. The largest absolute Gasteiger partial charge is 0.274 e. The highest BCUT2D eigenvalue weighted by molar-refractivity contribution is 6.25. The number of carbonyl (C=O) groups is 2. The van der Waals surface area contributed by atoms with Gasteiger partial charge in [-0.15, -0.1) is 0 Å². The standard InChI is InChI=1S/C35H30N2O2/c1-20-16-17-29(22(3)18-20)37-33(38)31-30-24-11-5-7-13-26(24)35(32(31)34(37)39,27-14-8-6-12-25(27)30)19-36-28-15-9-10-21(2)23(28)4/h5-19,30-32H,1-4H3/t30?,31-,32+,35?/m0/s1. The van der Waals surface area contributed by atoms with Crippen molar-refractivity contribution in [3.05, 3.63) is 129 Å². The number of hydrogen-bond acceptors (Lipinski definition) is 3. The van der Waals surface area contributed by atoms with Gasteiger partial charge in [0, 0.05) is 12.1 Å². The van der Waals surface area contributed by atoms with Crippen LogP contribution in [0.2, 0.25) is 0 Å². The Kier molecular flexibility index (Phi) is 5.09. The van der Waals surface area contributed by atoms with Crippen LogP contribution in [0.4, 0.5) is 11.4 Å². The molecule has 8 rings (SSSR count). The van der Waals surface area contributed by atoms with Gasteiger partial charge in [0.05, 0.1) is 28.6 Å². The first-order chi connectivity index (χ1) is 18.8. The molecule has 4 aromatic carbocycles. The third kappa shape index (κ3) is 3.09. The molecule has 0 radical (unpaired) electrons. The average Bonchev–Trinajstić information content (AvgIpc) is 3.20. The number of rotatable bonds is 3. The lowest BCUT2D eigenvalue weighted by atomic mass is 9.47. The molecule has 3 aliphatic carbocycles. The second-order valence-corrected chi connectivity index (χ2v) is 11.3. The van der Waals surface area contributed by atoms with Crippen LogP contribution in [0.5, 0.6) is 0 Å². The van der Waals surface area contributed by atoms with Crippen LogP contribution in [0.1, 0.15) is 50.4 Å². The van der Waals surface area contributed by atoms with E-state index < -0.39 is 17.3 Å². The van der Waals surface area contributed by atoms with Crippen LogP contribution in [0.15, 0.2) is 89.9 Å². The van der Waals surface area contributed by atoms with E-state index in [1.54, 1.807) is 0 Å². The van der Waals surface area contributed by atoms with Gasteiger partial charge >= 0.3 is 0 Å². The van der Waals surface area contributed by atoms with E-state index in [0.29, 0.717) is 5.69 Å². The summed E-state index contributed by atoms with van der Waals surface area (Å²) < 4.78 is 0. The SMILES string of the molecule is Cc1ccc(N2C(=O)[C@H]3C4c5ccccc5C(C=Nc5cccc(C)c5C)(c5ccccc54)[C@H]3C2=O)c(C)c1. The zero-order valence-corrected chi connectivity index (χ0v) is 22.6. The Morgan fingerprint density at radius 2 is 1.41 bits per heavy atom. The summed E-state index contributed by atoms with van der Waals surface area (Å²) in [6.07, 6.45) is 1.98. The molecule has 1 fully saturated rings. The maximum atomic E-state index is 14.6. The zero-order chi connectivity index (χ0) is 27.1. The van der Waals surface area contributed by atoms with Gasteiger partial charge in [0.2, 0.25) is 11.8 Å². The van der Waals surface area contributed by atoms with Gasteiger partial charge in [0.25, 0.3) is 0 Å². The van der Waals surface area contributed by atoms with Crippen molar-refractivity contribution in [2.75, 3.05) is 4.90 Å². The molecule has 192 valence electrons. The monoisotopic (exact) mass is 510 g/mol. The van der Waals surface area contributed by atoms with E-state index in [1.165, 1.54) is 10.5 Å². The summed E-state index contributed by atoms with van der Waals surface area (Å²) in [5.41, 5.74) is 9.40. The van der Waals surface area contributed by atoms with E-state index in [-0.39, 0.29) is 17.7 Å². The molecule has 1 aliphatic heterocycles. The molecule has 0 unspecified atom stereocenters. The number of hydrogen-bond donors (Lipinski definition) is 0. The lowest BCUT2D eigenvalue weighted by molar-refractivity contribution is -0.122. The fraction of sp³-hybridized carbons (Fsp3) is 0.229. The van der Waals surface area contributed by atoms with Crippen molar-refractivity contribution in [3.63, 3.8) is 0 Å². The first kappa shape index (κ1) is 23.8. The average molecular weight is 511 g/mol. The molecule has 0 N–H and O–H groups in total. The van der Waals surface area contributed by atoms with Gasteiger partial charge in [-0.1, -0.05) is 78.4 Å². The molecule has 4 aliphatic rings. The minimum absolute atomic E-state index is 0.115. The Labute approximate surface area is 229 Å². The maximum Gasteiger partial charge on any atom is 0.239 e. The van der Waals surface area contributed by atoms with E-state index in [0.717, 1.165) is 44.6 Å². The van der Waals surface area contributed by atoms with E-state index in [2.05, 4.69) is 44.2 Å². The molecule has 2 amide bonds. The summed E-state index contributed by atoms with van der Waals surface area (Å²) in [5.74, 6) is -1.50. The molecule has 4 aromatic rings. The number of anilines is 1. The van der Waals surface area contributed by atoms with E-state index >= 15 is 0 Å². The van der Waals surface area contributed by atoms with Crippen molar-refractivity contribution in [2.24, 2.45) is 16.8 Å². The van der Waals surface area contributed by atoms with Crippen LogP contribution in [-0.4, -0.2) is 18.0 Å². The molecular formula is C35H30N2O2. The fourth-order valence-corrected chi connectivity index (χ4v) is 7.39. The lowest BCUT2D eigenvalue weighted by Crippen LogP contribution is -2.54. The van der Waals surface area contributed by atoms with Crippen molar-refractivity contribution in [3.8, 4) is 0 Å². The quantitative estimate of drug-likeness (QED) is 0.223. The van der Waals surface area contributed by atoms with Crippen molar-refractivity contribution in [2.45, 2.75) is 39.0 Å². The molecule has 2 atom stereocenters. The number of nitrogens with zero attached hydrogens (tertiary/aromatic N) is 2. The smallest absolute Gasteiger partial charge is 0.239 e. The van der Waals surface area contributed by atoms with Gasteiger partial charge in [-0.3, -0.25) is 14.6 Å². The topological polar surface area (TPSA) is 49.7 Å². The minimum atomic E-state index is -0.858. The molecular weight excluding hydrogens is 480 g/mol. The highest BCUT2D eigenvalue weighted by Crippen LogP contribution is 2.63. The number of amides is 2. The number of aliphatic imine (C=N–C) groups is 1. The molecule has 0 spiro atoms. The van der Waals surface area contributed by atoms with Gasteiger partial charge in [-0.25, -0.2) is 4.90 Å². The minimum Gasteiger partial charge on any atom is -0.274 e. The molecule has 2 bridgehead atoms. The molecule has 39 heavy (non-hydrogen) atoms. The summed E-state index contributed by atoms with van der Waals surface area (Å²) >= 11 is 0.